The molecule has 0 aromatic carbocycles. The molecule has 0 radical (unpaired) electrons. The molecule has 0 aliphatic rings. The Morgan fingerprint density at radius 1 is 1.44 bits per heavy atom. The summed E-state index contributed by atoms with van der Waals surface area (Å²) in [5.41, 5.74) is 0.373. The predicted molar refractivity (Wildman–Crippen MR) is 70.5 cm³/mol. The van der Waals surface area contributed by atoms with Crippen molar-refractivity contribution in [3.05, 3.63) is 18.1 Å². The number of rotatable bonds is 6. The Morgan fingerprint density at radius 2 is 2.11 bits per heavy atom. The minimum Gasteiger partial charge on any atom is -0.465 e. The van der Waals surface area contributed by atoms with Gasteiger partial charge in [-0.05, 0) is 12.8 Å². The number of hydrogen-bond donors (Lipinski definition) is 1. The van der Waals surface area contributed by atoms with Gasteiger partial charge in [0.1, 0.15) is 17.7 Å². The average molecular weight is 251 g/mol. The molecule has 100 valence electrons. The molecule has 0 spiro atoms. The number of ether oxygens (including phenoxy) is 1. The van der Waals surface area contributed by atoms with Gasteiger partial charge < -0.3 is 10.1 Å². The number of nitrogens with one attached hydrogen (secondary N) is 1. The van der Waals surface area contributed by atoms with E-state index in [0.717, 1.165) is 12.8 Å². The summed E-state index contributed by atoms with van der Waals surface area (Å²) in [4.78, 5) is 19.6. The molecule has 0 bridgehead atoms. The Bertz CT molecular complexity index is 392. The first-order chi connectivity index (χ1) is 8.63. The molecule has 1 atom stereocenters. The first-order valence-corrected chi connectivity index (χ1v) is 6.28. The smallest absolute Gasteiger partial charge is 0.343 e. The highest BCUT2D eigenvalue weighted by Gasteiger charge is 2.18. The van der Waals surface area contributed by atoms with Crippen LogP contribution in [0.15, 0.2) is 12.5 Å². The highest BCUT2D eigenvalue weighted by molar-refractivity contribution is 5.94. The fraction of sp³-hybridized carbons (Fsp3) is 0.615. The molecule has 1 heterocycles. The second kappa shape index (κ2) is 6.93. The SMILES string of the molecule is CCC(CC)C(C)Nc1ncncc1C(=O)OC. The number of carbonyl (C=O) groups excluding carboxylic acids is 1. The van der Waals surface area contributed by atoms with Crippen LogP contribution in [0.1, 0.15) is 44.0 Å². The van der Waals surface area contributed by atoms with Gasteiger partial charge in [0.05, 0.1) is 7.11 Å². The van der Waals surface area contributed by atoms with Crippen molar-refractivity contribution in [2.24, 2.45) is 5.92 Å². The van der Waals surface area contributed by atoms with Crippen molar-refractivity contribution in [3.63, 3.8) is 0 Å². The second-order valence-electron chi connectivity index (χ2n) is 4.29. The standard InChI is InChI=1S/C13H21N3O2/c1-5-10(6-2)9(3)16-12-11(13(17)18-4)7-14-8-15-12/h7-10H,5-6H2,1-4H3,(H,14,15,16). The van der Waals surface area contributed by atoms with Crippen molar-refractivity contribution in [1.82, 2.24) is 9.97 Å². The van der Waals surface area contributed by atoms with Gasteiger partial charge in [-0.1, -0.05) is 26.7 Å². The molecule has 0 aliphatic carbocycles. The molecule has 0 aliphatic heterocycles. The Hall–Kier alpha value is -1.65. The number of anilines is 1. The summed E-state index contributed by atoms with van der Waals surface area (Å²) in [6.45, 7) is 6.42. The van der Waals surface area contributed by atoms with Gasteiger partial charge in [-0.15, -0.1) is 0 Å². The molecule has 18 heavy (non-hydrogen) atoms. The third kappa shape index (κ3) is 3.42. The lowest BCUT2D eigenvalue weighted by molar-refractivity contribution is 0.0601. The van der Waals surface area contributed by atoms with E-state index in [1.807, 2.05) is 0 Å². The van der Waals surface area contributed by atoms with Crippen LogP contribution in [0.5, 0.6) is 0 Å². The third-order valence-corrected chi connectivity index (χ3v) is 3.24. The summed E-state index contributed by atoms with van der Waals surface area (Å²) in [5.74, 6) is 0.663. The highest BCUT2D eigenvalue weighted by atomic mass is 16.5. The molecule has 1 unspecified atom stereocenters. The summed E-state index contributed by atoms with van der Waals surface area (Å²) in [5, 5.41) is 3.28. The quantitative estimate of drug-likeness (QED) is 0.787. The van der Waals surface area contributed by atoms with E-state index < -0.39 is 5.97 Å². The van der Waals surface area contributed by atoms with E-state index in [1.165, 1.54) is 19.6 Å². The van der Waals surface area contributed by atoms with Crippen molar-refractivity contribution in [2.45, 2.75) is 39.7 Å². The molecular formula is C13H21N3O2. The highest BCUT2D eigenvalue weighted by Crippen LogP contribution is 2.19. The zero-order valence-corrected chi connectivity index (χ0v) is 11.4. The number of nitrogens with zero attached hydrogens (tertiary/aromatic N) is 2. The van der Waals surface area contributed by atoms with Gasteiger partial charge in [0.25, 0.3) is 0 Å². The first kappa shape index (κ1) is 14.4. The van der Waals surface area contributed by atoms with Gasteiger partial charge in [-0.2, -0.15) is 0 Å². The fourth-order valence-corrected chi connectivity index (χ4v) is 2.03. The van der Waals surface area contributed by atoms with E-state index in [9.17, 15) is 4.79 Å². The van der Waals surface area contributed by atoms with Gasteiger partial charge in [-0.25, -0.2) is 14.8 Å². The van der Waals surface area contributed by atoms with E-state index in [2.05, 4.69) is 36.1 Å². The molecule has 1 N–H and O–H groups in total. The van der Waals surface area contributed by atoms with E-state index >= 15 is 0 Å². The monoisotopic (exact) mass is 251 g/mol. The molecule has 5 heteroatoms. The lowest BCUT2D eigenvalue weighted by Crippen LogP contribution is -2.26. The van der Waals surface area contributed by atoms with Gasteiger partial charge >= 0.3 is 5.97 Å². The average Bonchev–Trinajstić information content (AvgIpc) is 2.40. The summed E-state index contributed by atoms with van der Waals surface area (Å²) >= 11 is 0. The van der Waals surface area contributed by atoms with Crippen molar-refractivity contribution in [2.75, 3.05) is 12.4 Å². The second-order valence-corrected chi connectivity index (χ2v) is 4.29. The van der Waals surface area contributed by atoms with Crippen molar-refractivity contribution >= 4 is 11.8 Å². The zero-order chi connectivity index (χ0) is 13.5. The summed E-state index contributed by atoms with van der Waals surface area (Å²) in [6.07, 6.45) is 5.07. The van der Waals surface area contributed by atoms with Crippen LogP contribution in [-0.4, -0.2) is 29.1 Å². The van der Waals surface area contributed by atoms with Crippen LogP contribution >= 0.6 is 0 Å². The van der Waals surface area contributed by atoms with Gasteiger partial charge in [-0.3, -0.25) is 0 Å². The van der Waals surface area contributed by atoms with Gasteiger partial charge in [0.15, 0.2) is 0 Å². The van der Waals surface area contributed by atoms with Crippen molar-refractivity contribution < 1.29 is 9.53 Å². The van der Waals surface area contributed by atoms with Crippen LogP contribution in [0.4, 0.5) is 5.82 Å². The van der Waals surface area contributed by atoms with E-state index in [4.69, 9.17) is 4.74 Å². The van der Waals surface area contributed by atoms with Crippen LogP contribution < -0.4 is 5.32 Å². The predicted octanol–water partition coefficient (Wildman–Crippen LogP) is 2.50. The van der Waals surface area contributed by atoms with Crippen LogP contribution in [0.25, 0.3) is 0 Å². The molecule has 0 amide bonds. The van der Waals surface area contributed by atoms with Crippen LogP contribution in [0.3, 0.4) is 0 Å². The lowest BCUT2D eigenvalue weighted by Gasteiger charge is -2.23. The summed E-state index contributed by atoms with van der Waals surface area (Å²) in [7, 11) is 1.35. The van der Waals surface area contributed by atoms with Gasteiger partial charge in [0.2, 0.25) is 0 Å². The molecule has 1 rings (SSSR count). The number of methoxy groups -OCH3 is 1. The lowest BCUT2D eigenvalue weighted by atomic mass is 9.95. The molecule has 5 nitrogen and oxygen atoms in total. The van der Waals surface area contributed by atoms with Gasteiger partial charge in [0, 0.05) is 12.2 Å². The maximum atomic E-state index is 11.6. The Morgan fingerprint density at radius 3 is 2.67 bits per heavy atom. The minimum absolute atomic E-state index is 0.248. The molecule has 1 aromatic heterocycles. The number of hydrogen-bond acceptors (Lipinski definition) is 5. The largest absolute Gasteiger partial charge is 0.465 e. The van der Waals surface area contributed by atoms with Crippen LogP contribution in [-0.2, 0) is 4.74 Å². The normalized spacial score (nSPS) is 12.3. The van der Waals surface area contributed by atoms with E-state index in [1.54, 1.807) is 0 Å². The Labute approximate surface area is 108 Å². The molecule has 0 saturated heterocycles. The Kier molecular flexibility index (Phi) is 5.55. The molecule has 1 aromatic rings. The molecule has 0 saturated carbocycles. The fourth-order valence-electron chi connectivity index (χ4n) is 2.03. The van der Waals surface area contributed by atoms with E-state index in [0.29, 0.717) is 17.3 Å². The van der Waals surface area contributed by atoms with Crippen molar-refractivity contribution in [1.29, 1.82) is 0 Å². The van der Waals surface area contributed by atoms with Crippen molar-refractivity contribution in [3.8, 4) is 0 Å². The van der Waals surface area contributed by atoms with E-state index in [-0.39, 0.29) is 6.04 Å². The first-order valence-electron chi connectivity index (χ1n) is 6.28. The minimum atomic E-state index is -0.421. The Balaban J connectivity index is 2.87. The zero-order valence-electron chi connectivity index (χ0n) is 11.4. The summed E-state index contributed by atoms with van der Waals surface area (Å²) < 4.78 is 4.71. The van der Waals surface area contributed by atoms with Crippen LogP contribution in [0.2, 0.25) is 0 Å². The third-order valence-electron chi connectivity index (χ3n) is 3.24. The summed E-state index contributed by atoms with van der Waals surface area (Å²) in [6, 6.07) is 0.248. The number of carbonyl (C=O) groups is 1. The molecular weight excluding hydrogens is 230 g/mol. The number of aromatic nitrogens is 2. The maximum absolute atomic E-state index is 11.6. The maximum Gasteiger partial charge on any atom is 0.343 e. The van der Waals surface area contributed by atoms with Crippen LogP contribution in [0, 0.1) is 5.92 Å². The topological polar surface area (TPSA) is 64.1 Å². The molecule has 0 fully saturated rings. The number of esters is 1.